The summed E-state index contributed by atoms with van der Waals surface area (Å²) in [7, 11) is 0. The zero-order valence-corrected chi connectivity index (χ0v) is 12.2. The molecule has 1 aromatic carbocycles. The second kappa shape index (κ2) is 5.31. The van der Waals surface area contributed by atoms with Gasteiger partial charge in [0.2, 0.25) is 0 Å². The van der Waals surface area contributed by atoms with E-state index in [9.17, 15) is 4.79 Å². The number of fused-ring (bicyclic) bond motifs is 1. The van der Waals surface area contributed by atoms with Crippen LogP contribution in [0, 0.1) is 0 Å². The van der Waals surface area contributed by atoms with Gasteiger partial charge in [0.25, 0.3) is 0 Å². The van der Waals surface area contributed by atoms with Crippen LogP contribution in [0.3, 0.4) is 0 Å². The third-order valence-electron chi connectivity index (χ3n) is 5.04. The molecule has 0 bridgehead atoms. The molecule has 0 spiro atoms. The smallest absolute Gasteiger partial charge is 0.315 e. The summed E-state index contributed by atoms with van der Waals surface area (Å²) < 4.78 is 1.97. The van der Waals surface area contributed by atoms with Crippen molar-refractivity contribution in [2.75, 3.05) is 26.2 Å². The molecule has 21 heavy (non-hydrogen) atoms. The standard InChI is InChI=1S/C16H22N4O/c21-16-18-14-3-1-2-4-15(14)20(16)12-6-9-19(10-7-12)13-5-8-17-11-13/h1-4,12-13,17H,5-11H2,(H,18,21)/t13-/m0/s1. The maximum Gasteiger partial charge on any atom is 0.326 e. The minimum Gasteiger partial charge on any atom is -0.315 e. The summed E-state index contributed by atoms with van der Waals surface area (Å²) in [6, 6.07) is 9.03. The molecule has 2 aliphatic rings. The van der Waals surface area contributed by atoms with Crippen molar-refractivity contribution in [1.82, 2.24) is 19.8 Å². The van der Waals surface area contributed by atoms with E-state index in [4.69, 9.17) is 0 Å². The lowest BCUT2D eigenvalue weighted by atomic mass is 10.0. The van der Waals surface area contributed by atoms with Gasteiger partial charge < -0.3 is 10.3 Å². The minimum absolute atomic E-state index is 0.0391. The van der Waals surface area contributed by atoms with Crippen LogP contribution in [-0.2, 0) is 0 Å². The van der Waals surface area contributed by atoms with Gasteiger partial charge in [0, 0.05) is 31.7 Å². The topological polar surface area (TPSA) is 53.1 Å². The SMILES string of the molecule is O=c1[nH]c2ccccc2n1C1CCN([C@H]2CCNC2)CC1. The largest absolute Gasteiger partial charge is 0.326 e. The van der Waals surface area contributed by atoms with Crippen LogP contribution in [0.2, 0.25) is 0 Å². The van der Waals surface area contributed by atoms with Crippen LogP contribution in [0.5, 0.6) is 0 Å². The molecule has 0 unspecified atom stereocenters. The van der Waals surface area contributed by atoms with Crippen molar-refractivity contribution < 1.29 is 0 Å². The molecular formula is C16H22N4O. The number of likely N-dealkylation sites (tertiary alicyclic amines) is 1. The van der Waals surface area contributed by atoms with Crippen molar-refractivity contribution in [3.8, 4) is 0 Å². The molecule has 2 aliphatic heterocycles. The monoisotopic (exact) mass is 286 g/mol. The number of imidazole rings is 1. The molecule has 4 rings (SSSR count). The molecule has 0 saturated carbocycles. The number of nitrogens with one attached hydrogen (secondary N) is 2. The van der Waals surface area contributed by atoms with Gasteiger partial charge >= 0.3 is 5.69 Å². The lowest BCUT2D eigenvalue weighted by Gasteiger charge is -2.36. The molecule has 112 valence electrons. The van der Waals surface area contributed by atoms with Gasteiger partial charge in [-0.1, -0.05) is 12.1 Å². The normalized spacial score (nSPS) is 24.9. The number of aromatic nitrogens is 2. The van der Waals surface area contributed by atoms with Crippen molar-refractivity contribution in [3.05, 3.63) is 34.7 Å². The Labute approximate surface area is 123 Å². The summed E-state index contributed by atoms with van der Waals surface area (Å²) >= 11 is 0. The van der Waals surface area contributed by atoms with Gasteiger partial charge in [-0.05, 0) is 37.9 Å². The molecule has 2 aromatic rings. The fraction of sp³-hybridized carbons (Fsp3) is 0.562. The molecule has 0 aliphatic carbocycles. The van der Waals surface area contributed by atoms with Crippen molar-refractivity contribution in [1.29, 1.82) is 0 Å². The number of piperidine rings is 1. The maximum atomic E-state index is 12.3. The first-order valence-electron chi connectivity index (χ1n) is 7.97. The first-order chi connectivity index (χ1) is 10.3. The molecule has 3 heterocycles. The van der Waals surface area contributed by atoms with Crippen LogP contribution in [0.25, 0.3) is 11.0 Å². The minimum atomic E-state index is 0.0391. The number of H-pyrrole nitrogens is 1. The Kier molecular flexibility index (Phi) is 3.31. The van der Waals surface area contributed by atoms with E-state index < -0.39 is 0 Å². The second-order valence-corrected chi connectivity index (χ2v) is 6.23. The fourth-order valence-corrected chi connectivity index (χ4v) is 3.90. The molecule has 5 nitrogen and oxygen atoms in total. The Morgan fingerprint density at radius 1 is 1.05 bits per heavy atom. The molecule has 1 aromatic heterocycles. The number of aromatic amines is 1. The number of benzene rings is 1. The van der Waals surface area contributed by atoms with E-state index in [2.05, 4.69) is 15.2 Å². The van der Waals surface area contributed by atoms with Crippen molar-refractivity contribution in [2.45, 2.75) is 31.3 Å². The van der Waals surface area contributed by atoms with Gasteiger partial charge in [-0.15, -0.1) is 0 Å². The average Bonchev–Trinajstić information content (AvgIpc) is 3.14. The van der Waals surface area contributed by atoms with Crippen LogP contribution in [0.15, 0.2) is 29.1 Å². The molecule has 2 N–H and O–H groups in total. The molecule has 2 fully saturated rings. The van der Waals surface area contributed by atoms with Crippen LogP contribution in [0.1, 0.15) is 25.3 Å². The molecule has 2 saturated heterocycles. The fourth-order valence-electron chi connectivity index (χ4n) is 3.90. The zero-order chi connectivity index (χ0) is 14.2. The van der Waals surface area contributed by atoms with E-state index in [-0.39, 0.29) is 5.69 Å². The van der Waals surface area contributed by atoms with E-state index in [0.717, 1.165) is 50.1 Å². The number of hydrogen-bond donors (Lipinski definition) is 2. The highest BCUT2D eigenvalue weighted by Crippen LogP contribution is 2.26. The quantitative estimate of drug-likeness (QED) is 0.875. The molecule has 0 radical (unpaired) electrons. The molecule has 5 heteroatoms. The summed E-state index contributed by atoms with van der Waals surface area (Å²) in [5.41, 5.74) is 2.03. The Morgan fingerprint density at radius 3 is 2.62 bits per heavy atom. The first-order valence-corrected chi connectivity index (χ1v) is 7.97. The number of para-hydroxylation sites is 2. The summed E-state index contributed by atoms with van der Waals surface area (Å²) in [5.74, 6) is 0. The van der Waals surface area contributed by atoms with E-state index in [0.29, 0.717) is 12.1 Å². The van der Waals surface area contributed by atoms with Gasteiger partial charge in [0.15, 0.2) is 0 Å². The van der Waals surface area contributed by atoms with Gasteiger partial charge in [-0.25, -0.2) is 4.79 Å². The first kappa shape index (κ1) is 13.1. The Balaban J connectivity index is 1.55. The third-order valence-corrected chi connectivity index (χ3v) is 5.04. The lowest BCUT2D eigenvalue weighted by molar-refractivity contribution is 0.143. The molecule has 0 amide bonds. The molecule has 1 atom stereocenters. The highest BCUT2D eigenvalue weighted by molar-refractivity contribution is 5.75. The van der Waals surface area contributed by atoms with Gasteiger partial charge in [0.05, 0.1) is 11.0 Å². The van der Waals surface area contributed by atoms with Crippen LogP contribution in [-0.4, -0.2) is 46.7 Å². The second-order valence-electron chi connectivity index (χ2n) is 6.23. The van der Waals surface area contributed by atoms with Crippen LogP contribution in [0.4, 0.5) is 0 Å². The highest BCUT2D eigenvalue weighted by Gasteiger charge is 2.28. The van der Waals surface area contributed by atoms with E-state index in [1.54, 1.807) is 0 Å². The van der Waals surface area contributed by atoms with E-state index in [1.165, 1.54) is 6.42 Å². The maximum absolute atomic E-state index is 12.3. The predicted molar refractivity (Wildman–Crippen MR) is 83.7 cm³/mol. The molecular weight excluding hydrogens is 264 g/mol. The summed E-state index contributed by atoms with van der Waals surface area (Å²) in [6.07, 6.45) is 3.40. The predicted octanol–water partition coefficient (Wildman–Crippen LogP) is 1.33. The Bertz CT molecular complexity index is 675. The summed E-state index contributed by atoms with van der Waals surface area (Å²) in [6.45, 7) is 4.47. The number of hydrogen-bond acceptors (Lipinski definition) is 3. The van der Waals surface area contributed by atoms with Crippen molar-refractivity contribution in [2.24, 2.45) is 0 Å². The van der Waals surface area contributed by atoms with Crippen molar-refractivity contribution in [3.63, 3.8) is 0 Å². The highest BCUT2D eigenvalue weighted by atomic mass is 16.1. The zero-order valence-electron chi connectivity index (χ0n) is 12.2. The Hall–Kier alpha value is -1.59. The van der Waals surface area contributed by atoms with E-state index >= 15 is 0 Å². The van der Waals surface area contributed by atoms with Crippen molar-refractivity contribution >= 4 is 11.0 Å². The van der Waals surface area contributed by atoms with Gasteiger partial charge in [-0.3, -0.25) is 9.47 Å². The third kappa shape index (κ3) is 2.30. The van der Waals surface area contributed by atoms with Gasteiger partial charge in [0.1, 0.15) is 0 Å². The number of rotatable bonds is 2. The lowest BCUT2D eigenvalue weighted by Crippen LogP contribution is -2.43. The summed E-state index contributed by atoms with van der Waals surface area (Å²) in [4.78, 5) is 17.8. The van der Waals surface area contributed by atoms with Crippen LogP contribution >= 0.6 is 0 Å². The average molecular weight is 286 g/mol. The van der Waals surface area contributed by atoms with Gasteiger partial charge in [-0.2, -0.15) is 0 Å². The number of nitrogens with zero attached hydrogens (tertiary/aromatic N) is 2. The van der Waals surface area contributed by atoms with E-state index in [1.807, 2.05) is 28.8 Å². The van der Waals surface area contributed by atoms with Crippen LogP contribution < -0.4 is 11.0 Å². The summed E-state index contributed by atoms with van der Waals surface area (Å²) in [5, 5.41) is 3.44. The Morgan fingerprint density at radius 2 is 1.86 bits per heavy atom.